The number of carbonyl (C=O) groups excluding carboxylic acids is 1. The molecule has 94 valence electrons. The Labute approximate surface area is 97.6 Å². The predicted octanol–water partition coefficient (Wildman–Crippen LogP) is 1.04. The number of primary sulfonamides is 1. The minimum Gasteiger partial charge on any atom is -0.450 e. The van der Waals surface area contributed by atoms with Gasteiger partial charge in [0, 0.05) is 0 Å². The van der Waals surface area contributed by atoms with Crippen LogP contribution in [-0.2, 0) is 14.8 Å². The van der Waals surface area contributed by atoms with Gasteiger partial charge < -0.3 is 4.74 Å². The Morgan fingerprint density at radius 3 is 2.71 bits per heavy atom. The maximum atomic E-state index is 12.9. The molecule has 0 aliphatic rings. The maximum absolute atomic E-state index is 12.9. The molecule has 1 rings (SSSR count). The molecule has 0 atom stereocenters. The molecule has 6 nitrogen and oxygen atoms in total. The van der Waals surface area contributed by atoms with Crippen LogP contribution in [0, 0.1) is 5.82 Å². The van der Waals surface area contributed by atoms with E-state index in [1.807, 2.05) is 0 Å². The Bertz CT molecular complexity index is 530. The highest BCUT2D eigenvalue weighted by atomic mass is 32.2. The molecule has 0 unspecified atom stereocenters. The van der Waals surface area contributed by atoms with Crippen molar-refractivity contribution in [1.82, 2.24) is 0 Å². The average Bonchev–Trinajstić information content (AvgIpc) is 2.15. The zero-order valence-corrected chi connectivity index (χ0v) is 9.75. The largest absolute Gasteiger partial charge is 0.450 e. The topological polar surface area (TPSA) is 98.5 Å². The molecule has 0 heterocycles. The number of rotatable bonds is 3. The van der Waals surface area contributed by atoms with Gasteiger partial charge in [-0.3, -0.25) is 5.32 Å². The van der Waals surface area contributed by atoms with Gasteiger partial charge in [0.1, 0.15) is 10.7 Å². The smallest absolute Gasteiger partial charge is 0.411 e. The molecular formula is C9H11FN2O4S. The fraction of sp³-hybridized carbons (Fsp3) is 0.222. The van der Waals surface area contributed by atoms with Crippen LogP contribution in [0.3, 0.4) is 0 Å². The Balaban J connectivity index is 3.13. The summed E-state index contributed by atoms with van der Waals surface area (Å²) < 4.78 is 39.8. The van der Waals surface area contributed by atoms with Crippen molar-refractivity contribution in [2.24, 2.45) is 5.14 Å². The molecule has 0 aliphatic heterocycles. The Kier molecular flexibility index (Phi) is 4.02. The van der Waals surface area contributed by atoms with Crippen molar-refractivity contribution in [3.05, 3.63) is 24.0 Å². The molecule has 0 saturated carbocycles. The van der Waals surface area contributed by atoms with Crippen molar-refractivity contribution in [2.45, 2.75) is 11.8 Å². The summed E-state index contributed by atoms with van der Waals surface area (Å²) in [5, 5.41) is 7.01. The summed E-state index contributed by atoms with van der Waals surface area (Å²) >= 11 is 0. The van der Waals surface area contributed by atoms with Crippen LogP contribution in [0.15, 0.2) is 23.1 Å². The Morgan fingerprint density at radius 1 is 1.53 bits per heavy atom. The van der Waals surface area contributed by atoms with Gasteiger partial charge in [0.15, 0.2) is 0 Å². The molecule has 0 spiro atoms. The fourth-order valence-electron chi connectivity index (χ4n) is 1.13. The first-order chi connectivity index (χ1) is 7.84. The van der Waals surface area contributed by atoms with Gasteiger partial charge in [-0.05, 0) is 25.1 Å². The van der Waals surface area contributed by atoms with Gasteiger partial charge in [0.25, 0.3) is 0 Å². The molecule has 0 radical (unpaired) electrons. The third-order valence-electron chi connectivity index (χ3n) is 1.76. The van der Waals surface area contributed by atoms with Crippen LogP contribution in [0.5, 0.6) is 0 Å². The molecule has 0 aromatic heterocycles. The second-order valence-corrected chi connectivity index (χ2v) is 4.56. The summed E-state index contributed by atoms with van der Waals surface area (Å²) in [5.74, 6) is -0.704. The van der Waals surface area contributed by atoms with E-state index in [1.165, 1.54) is 0 Å². The van der Waals surface area contributed by atoms with Crippen molar-refractivity contribution < 1.29 is 22.3 Å². The third kappa shape index (κ3) is 3.68. The standard InChI is InChI=1S/C9H11FN2O4S/c1-2-16-9(13)12-7-5-6(10)3-4-8(7)17(11,14)15/h3-5H,2H2,1H3,(H,12,13)(H2,11,14,15). The van der Waals surface area contributed by atoms with Crippen molar-refractivity contribution >= 4 is 21.8 Å². The van der Waals surface area contributed by atoms with Gasteiger partial charge in [-0.15, -0.1) is 0 Å². The van der Waals surface area contributed by atoms with E-state index in [-0.39, 0.29) is 17.2 Å². The molecule has 1 aromatic carbocycles. The van der Waals surface area contributed by atoms with Crippen LogP contribution in [0.1, 0.15) is 6.92 Å². The van der Waals surface area contributed by atoms with E-state index in [4.69, 9.17) is 5.14 Å². The van der Waals surface area contributed by atoms with Crippen molar-refractivity contribution in [3.63, 3.8) is 0 Å². The quantitative estimate of drug-likeness (QED) is 0.850. The van der Waals surface area contributed by atoms with Gasteiger partial charge in [-0.1, -0.05) is 0 Å². The molecule has 0 saturated heterocycles. The van der Waals surface area contributed by atoms with Crippen molar-refractivity contribution in [1.29, 1.82) is 0 Å². The van der Waals surface area contributed by atoms with Crippen LogP contribution in [-0.4, -0.2) is 21.1 Å². The number of halogens is 1. The molecule has 3 N–H and O–H groups in total. The first-order valence-corrected chi connectivity index (χ1v) is 6.15. The van der Waals surface area contributed by atoms with Gasteiger partial charge in [0.2, 0.25) is 10.0 Å². The summed E-state index contributed by atoms with van der Waals surface area (Å²) in [6.07, 6.45) is -0.886. The molecule has 0 bridgehead atoms. The Morgan fingerprint density at radius 2 is 2.18 bits per heavy atom. The number of sulfonamides is 1. The molecule has 0 aliphatic carbocycles. The highest BCUT2D eigenvalue weighted by molar-refractivity contribution is 7.89. The van der Waals surface area contributed by atoms with E-state index in [0.717, 1.165) is 18.2 Å². The SMILES string of the molecule is CCOC(=O)Nc1cc(F)ccc1S(N)(=O)=O. The Hall–Kier alpha value is -1.67. The van der Waals surface area contributed by atoms with Gasteiger partial charge >= 0.3 is 6.09 Å². The number of nitrogens with one attached hydrogen (secondary N) is 1. The predicted molar refractivity (Wildman–Crippen MR) is 58.4 cm³/mol. The number of carbonyl (C=O) groups is 1. The lowest BCUT2D eigenvalue weighted by Gasteiger charge is -2.09. The molecular weight excluding hydrogens is 251 g/mol. The van der Waals surface area contributed by atoms with Crippen LogP contribution in [0.2, 0.25) is 0 Å². The first kappa shape index (κ1) is 13.4. The zero-order valence-electron chi connectivity index (χ0n) is 8.94. The van der Waals surface area contributed by atoms with E-state index in [1.54, 1.807) is 6.92 Å². The second kappa shape index (κ2) is 5.11. The van der Waals surface area contributed by atoms with E-state index < -0.39 is 21.9 Å². The first-order valence-electron chi connectivity index (χ1n) is 4.60. The number of hydrogen-bond acceptors (Lipinski definition) is 4. The summed E-state index contributed by atoms with van der Waals surface area (Å²) in [4.78, 5) is 10.7. The second-order valence-electron chi connectivity index (χ2n) is 3.03. The highest BCUT2D eigenvalue weighted by Gasteiger charge is 2.16. The maximum Gasteiger partial charge on any atom is 0.411 e. The number of ether oxygens (including phenoxy) is 1. The number of nitrogens with two attached hydrogens (primary N) is 1. The van der Waals surface area contributed by atoms with Crippen LogP contribution in [0.4, 0.5) is 14.9 Å². The molecule has 8 heteroatoms. The van der Waals surface area contributed by atoms with E-state index in [9.17, 15) is 17.6 Å². The van der Waals surface area contributed by atoms with E-state index >= 15 is 0 Å². The van der Waals surface area contributed by atoms with E-state index in [2.05, 4.69) is 10.1 Å². The molecule has 1 amide bonds. The molecule has 17 heavy (non-hydrogen) atoms. The highest BCUT2D eigenvalue weighted by Crippen LogP contribution is 2.21. The number of benzene rings is 1. The van der Waals surface area contributed by atoms with Gasteiger partial charge in [-0.2, -0.15) is 0 Å². The molecule has 0 fully saturated rings. The van der Waals surface area contributed by atoms with Crippen LogP contribution < -0.4 is 10.5 Å². The van der Waals surface area contributed by atoms with Crippen LogP contribution in [0.25, 0.3) is 0 Å². The fourth-order valence-corrected chi connectivity index (χ4v) is 1.80. The number of anilines is 1. The zero-order chi connectivity index (χ0) is 13.1. The number of hydrogen-bond donors (Lipinski definition) is 2. The van der Waals surface area contributed by atoms with Gasteiger partial charge in [0.05, 0.1) is 12.3 Å². The molecule has 1 aromatic rings. The van der Waals surface area contributed by atoms with Crippen molar-refractivity contribution in [2.75, 3.05) is 11.9 Å². The average molecular weight is 262 g/mol. The normalized spacial score (nSPS) is 11.0. The summed E-state index contributed by atoms with van der Waals surface area (Å²) in [7, 11) is -4.05. The monoisotopic (exact) mass is 262 g/mol. The lowest BCUT2D eigenvalue weighted by Crippen LogP contribution is -2.19. The summed E-state index contributed by atoms with van der Waals surface area (Å²) in [6, 6.07) is 2.74. The summed E-state index contributed by atoms with van der Waals surface area (Å²) in [6.45, 7) is 1.68. The van der Waals surface area contributed by atoms with Crippen molar-refractivity contribution in [3.8, 4) is 0 Å². The third-order valence-corrected chi connectivity index (χ3v) is 2.73. The van der Waals surface area contributed by atoms with Crippen LogP contribution >= 0.6 is 0 Å². The minimum atomic E-state index is -4.05. The van der Waals surface area contributed by atoms with Gasteiger partial charge in [-0.25, -0.2) is 22.7 Å². The minimum absolute atomic E-state index is 0.103. The lowest BCUT2D eigenvalue weighted by molar-refractivity contribution is 0.168. The number of amides is 1. The summed E-state index contributed by atoms with van der Waals surface area (Å²) in [5.41, 5.74) is -0.258. The lowest BCUT2D eigenvalue weighted by atomic mass is 10.3. The van der Waals surface area contributed by atoms with E-state index in [0.29, 0.717) is 0 Å².